The molecule has 0 bridgehead atoms. The van der Waals surface area contributed by atoms with Crippen molar-refractivity contribution in [2.24, 2.45) is 7.05 Å². The topological polar surface area (TPSA) is 66.8 Å². The molecule has 1 saturated heterocycles. The van der Waals surface area contributed by atoms with Crippen LogP contribution < -0.4 is 0 Å². The van der Waals surface area contributed by atoms with E-state index in [9.17, 15) is 4.79 Å². The van der Waals surface area contributed by atoms with Crippen molar-refractivity contribution in [3.63, 3.8) is 0 Å². The molecule has 1 atom stereocenters. The summed E-state index contributed by atoms with van der Waals surface area (Å²) in [5.74, 6) is 0.0174. The number of aromatic nitrogens is 4. The summed E-state index contributed by atoms with van der Waals surface area (Å²) in [6.07, 6.45) is 3.57. The largest absolute Gasteiger partial charge is 0.331 e. The average Bonchev–Trinajstić information content (AvgIpc) is 3.26. The number of H-pyrrole nitrogens is 1. The van der Waals surface area contributed by atoms with Crippen molar-refractivity contribution in [2.45, 2.75) is 25.8 Å². The highest BCUT2D eigenvalue weighted by Crippen LogP contribution is 2.38. The first-order valence-corrected chi connectivity index (χ1v) is 8.37. The molecular formula is C17H18ClN5O. The number of hydrogen-bond acceptors (Lipinski definition) is 3. The van der Waals surface area contributed by atoms with E-state index >= 15 is 0 Å². The third kappa shape index (κ3) is 2.21. The minimum atomic E-state index is -0.0270. The number of fused-ring (bicyclic) bond motifs is 1. The summed E-state index contributed by atoms with van der Waals surface area (Å²) in [6, 6.07) is 5.62. The maximum absolute atomic E-state index is 13.2. The Kier molecular flexibility index (Phi) is 3.57. The van der Waals surface area contributed by atoms with Crippen molar-refractivity contribution in [3.05, 3.63) is 46.4 Å². The van der Waals surface area contributed by atoms with Crippen LogP contribution >= 0.6 is 11.6 Å². The van der Waals surface area contributed by atoms with E-state index in [1.54, 1.807) is 10.9 Å². The van der Waals surface area contributed by atoms with E-state index < -0.39 is 0 Å². The Morgan fingerprint density at radius 3 is 3.00 bits per heavy atom. The summed E-state index contributed by atoms with van der Waals surface area (Å²) in [7, 11) is 1.83. The van der Waals surface area contributed by atoms with Crippen molar-refractivity contribution < 1.29 is 4.79 Å². The molecule has 1 aromatic carbocycles. The number of carbonyl (C=O) groups excluding carboxylic acids is 1. The van der Waals surface area contributed by atoms with E-state index in [2.05, 4.69) is 15.3 Å². The fourth-order valence-corrected chi connectivity index (χ4v) is 3.94. The standard InChI is InChI=1S/C17H18ClN5O/c1-10-15(16(18)22(2)21-10)14-7-4-8-23(14)17(24)11-5-3-6-13-12(11)9-19-20-13/h3,5-6,9,14H,4,7-8H2,1-2H3,(H,19,20)/t14-/m1/s1. The lowest BCUT2D eigenvalue weighted by molar-refractivity contribution is 0.0737. The van der Waals surface area contributed by atoms with E-state index in [1.807, 2.05) is 37.1 Å². The zero-order valence-electron chi connectivity index (χ0n) is 13.6. The minimum Gasteiger partial charge on any atom is -0.331 e. The van der Waals surface area contributed by atoms with Crippen LogP contribution in [0.2, 0.25) is 5.15 Å². The highest BCUT2D eigenvalue weighted by Gasteiger charge is 2.35. The number of nitrogens with one attached hydrogen (secondary N) is 1. The first-order valence-electron chi connectivity index (χ1n) is 8.00. The Hall–Kier alpha value is -2.34. The van der Waals surface area contributed by atoms with Crippen LogP contribution in [0.25, 0.3) is 10.9 Å². The van der Waals surface area contributed by atoms with Crippen LogP contribution in [0.4, 0.5) is 0 Å². The van der Waals surface area contributed by atoms with Crippen molar-refractivity contribution >= 4 is 28.4 Å². The van der Waals surface area contributed by atoms with Crippen molar-refractivity contribution in [2.75, 3.05) is 6.54 Å². The Morgan fingerprint density at radius 2 is 2.25 bits per heavy atom. The lowest BCUT2D eigenvalue weighted by Gasteiger charge is -2.25. The molecule has 1 amide bonds. The molecule has 1 N–H and O–H groups in total. The fraction of sp³-hybridized carbons (Fsp3) is 0.353. The quantitative estimate of drug-likeness (QED) is 0.776. The molecule has 0 saturated carbocycles. The van der Waals surface area contributed by atoms with Crippen LogP contribution in [0, 0.1) is 6.92 Å². The molecule has 6 nitrogen and oxygen atoms in total. The Bertz CT molecular complexity index is 928. The monoisotopic (exact) mass is 343 g/mol. The van der Waals surface area contributed by atoms with Crippen LogP contribution in [-0.4, -0.2) is 37.3 Å². The normalized spacial score (nSPS) is 17.8. The molecule has 3 heterocycles. The number of benzene rings is 1. The fourth-order valence-electron chi connectivity index (χ4n) is 3.64. The van der Waals surface area contributed by atoms with Crippen LogP contribution in [0.5, 0.6) is 0 Å². The highest BCUT2D eigenvalue weighted by molar-refractivity contribution is 6.30. The zero-order valence-corrected chi connectivity index (χ0v) is 14.3. The van der Waals surface area contributed by atoms with Crippen molar-refractivity contribution in [3.8, 4) is 0 Å². The lowest BCUT2D eigenvalue weighted by atomic mass is 10.0. The number of rotatable bonds is 2. The zero-order chi connectivity index (χ0) is 16.8. The second-order valence-electron chi connectivity index (χ2n) is 6.21. The number of hydrogen-bond donors (Lipinski definition) is 1. The summed E-state index contributed by atoms with van der Waals surface area (Å²) in [5.41, 5.74) is 3.39. The molecule has 2 aromatic heterocycles. The van der Waals surface area contributed by atoms with E-state index in [4.69, 9.17) is 11.6 Å². The van der Waals surface area contributed by atoms with Gasteiger partial charge in [0.05, 0.1) is 29.0 Å². The third-order valence-corrected chi connectivity index (χ3v) is 5.21. The van der Waals surface area contributed by atoms with Crippen LogP contribution in [0.3, 0.4) is 0 Å². The van der Waals surface area contributed by atoms with Crippen LogP contribution in [-0.2, 0) is 7.05 Å². The predicted molar refractivity (Wildman–Crippen MR) is 92.1 cm³/mol. The summed E-state index contributed by atoms with van der Waals surface area (Å²) in [5, 5.41) is 12.8. The van der Waals surface area contributed by atoms with Gasteiger partial charge in [-0.1, -0.05) is 17.7 Å². The van der Waals surface area contributed by atoms with Gasteiger partial charge < -0.3 is 4.90 Å². The van der Waals surface area contributed by atoms with E-state index in [1.165, 1.54) is 0 Å². The number of amides is 1. The van der Waals surface area contributed by atoms with Gasteiger partial charge in [0, 0.05) is 24.5 Å². The number of aromatic amines is 1. The van der Waals surface area contributed by atoms with E-state index in [-0.39, 0.29) is 11.9 Å². The second kappa shape index (κ2) is 5.63. The number of likely N-dealkylation sites (tertiary alicyclic amines) is 1. The first-order chi connectivity index (χ1) is 11.6. The summed E-state index contributed by atoms with van der Waals surface area (Å²) in [4.78, 5) is 15.1. The second-order valence-corrected chi connectivity index (χ2v) is 6.56. The maximum Gasteiger partial charge on any atom is 0.255 e. The van der Waals surface area contributed by atoms with Gasteiger partial charge in [-0.2, -0.15) is 10.2 Å². The number of carbonyl (C=O) groups is 1. The molecule has 0 radical (unpaired) electrons. The average molecular weight is 344 g/mol. The number of halogens is 1. The molecule has 124 valence electrons. The van der Waals surface area contributed by atoms with E-state index in [0.29, 0.717) is 10.7 Å². The first kappa shape index (κ1) is 15.2. The highest BCUT2D eigenvalue weighted by atomic mass is 35.5. The van der Waals surface area contributed by atoms with Crippen LogP contribution in [0.1, 0.15) is 40.5 Å². The molecule has 0 aliphatic carbocycles. The van der Waals surface area contributed by atoms with E-state index in [0.717, 1.165) is 41.5 Å². The van der Waals surface area contributed by atoms with Crippen molar-refractivity contribution in [1.29, 1.82) is 0 Å². The molecule has 7 heteroatoms. The Balaban J connectivity index is 1.75. The SMILES string of the molecule is Cc1nn(C)c(Cl)c1[C@H]1CCCN1C(=O)c1cccc2[nH]ncc12. The lowest BCUT2D eigenvalue weighted by Crippen LogP contribution is -2.31. The van der Waals surface area contributed by atoms with Gasteiger partial charge in [0.15, 0.2) is 0 Å². The van der Waals surface area contributed by atoms with Gasteiger partial charge in [0.1, 0.15) is 5.15 Å². The number of nitrogens with zero attached hydrogens (tertiary/aromatic N) is 4. The Morgan fingerprint density at radius 1 is 1.42 bits per heavy atom. The van der Waals surface area contributed by atoms with Gasteiger partial charge in [-0.05, 0) is 31.9 Å². The van der Waals surface area contributed by atoms with Gasteiger partial charge in [0.2, 0.25) is 0 Å². The molecule has 24 heavy (non-hydrogen) atoms. The number of aryl methyl sites for hydroxylation is 2. The van der Waals surface area contributed by atoms with Crippen molar-refractivity contribution in [1.82, 2.24) is 24.9 Å². The molecular weight excluding hydrogens is 326 g/mol. The Labute approximate surface area is 144 Å². The maximum atomic E-state index is 13.2. The van der Waals surface area contributed by atoms with Gasteiger partial charge >= 0.3 is 0 Å². The molecule has 4 rings (SSSR count). The van der Waals surface area contributed by atoms with Gasteiger partial charge in [0.25, 0.3) is 5.91 Å². The van der Waals surface area contributed by atoms with Crippen LogP contribution in [0.15, 0.2) is 24.4 Å². The predicted octanol–water partition coefficient (Wildman–Crippen LogP) is 3.24. The summed E-state index contributed by atoms with van der Waals surface area (Å²) in [6.45, 7) is 2.67. The minimum absolute atomic E-state index is 0.0174. The molecule has 3 aromatic rings. The molecule has 1 fully saturated rings. The molecule has 0 spiro atoms. The molecule has 1 aliphatic heterocycles. The van der Waals surface area contributed by atoms with Gasteiger partial charge in [-0.15, -0.1) is 0 Å². The molecule has 0 unspecified atom stereocenters. The summed E-state index contributed by atoms with van der Waals surface area (Å²) >= 11 is 6.44. The van der Waals surface area contributed by atoms with Gasteiger partial charge in [-0.25, -0.2) is 0 Å². The van der Waals surface area contributed by atoms with Gasteiger partial charge in [-0.3, -0.25) is 14.6 Å². The smallest absolute Gasteiger partial charge is 0.255 e. The molecule has 1 aliphatic rings. The summed E-state index contributed by atoms with van der Waals surface area (Å²) < 4.78 is 1.67. The third-order valence-electron chi connectivity index (χ3n) is 4.76.